The van der Waals surface area contributed by atoms with Crippen LogP contribution in [0.5, 0.6) is 0 Å². The predicted octanol–water partition coefficient (Wildman–Crippen LogP) is 1.09. The van der Waals surface area contributed by atoms with Gasteiger partial charge in [-0.25, -0.2) is 0 Å². The molecule has 18 heavy (non-hydrogen) atoms. The van der Waals surface area contributed by atoms with E-state index in [1.807, 2.05) is 13.8 Å². The first-order valence-corrected chi connectivity index (χ1v) is 6.55. The Morgan fingerprint density at radius 2 is 1.33 bits per heavy atom. The molecule has 0 aliphatic carbocycles. The second kappa shape index (κ2) is 30.5. The summed E-state index contributed by atoms with van der Waals surface area (Å²) in [5, 5.41) is 7.57. The van der Waals surface area contributed by atoms with Crippen molar-refractivity contribution in [2.24, 2.45) is 0 Å². The summed E-state index contributed by atoms with van der Waals surface area (Å²) in [7, 11) is 0. The van der Waals surface area contributed by atoms with Crippen LogP contribution in [-0.2, 0) is 9.53 Å². The molecule has 0 aromatic carbocycles. The molecule has 0 radical (unpaired) electrons. The number of aliphatic hydroxyl groups is 1. The van der Waals surface area contributed by atoms with Crippen molar-refractivity contribution in [1.29, 1.82) is 0 Å². The fourth-order valence-electron chi connectivity index (χ4n) is 0.479. The van der Waals surface area contributed by atoms with Gasteiger partial charge in [0.05, 0.1) is 5.60 Å². The molecule has 0 spiro atoms. The molecule has 3 nitrogen and oxygen atoms in total. The number of carbonyl (C=O) groups excluding carboxylic acids is 1. The minimum Gasteiger partial charge on any atom is -0.649 e. The van der Waals surface area contributed by atoms with Crippen molar-refractivity contribution >= 4 is 6.47 Å². The fourth-order valence-corrected chi connectivity index (χ4v) is 0.479. The molecular formula is C14H33NaO3. The Balaban J connectivity index is -0.0000000455. The van der Waals surface area contributed by atoms with E-state index in [9.17, 15) is 4.79 Å². The summed E-state index contributed by atoms with van der Waals surface area (Å²) in [6.45, 7) is 17.1. The van der Waals surface area contributed by atoms with Crippen LogP contribution in [0.2, 0.25) is 0 Å². The summed E-state index contributed by atoms with van der Waals surface area (Å²) in [6, 6.07) is 0. The van der Waals surface area contributed by atoms with Crippen LogP contribution in [0.15, 0.2) is 0 Å². The van der Waals surface area contributed by atoms with E-state index in [1.54, 1.807) is 27.7 Å². The zero-order chi connectivity index (χ0) is 14.7. The predicted molar refractivity (Wildman–Crippen MR) is 75.8 cm³/mol. The molecule has 0 saturated heterocycles. The molecule has 0 fully saturated rings. The van der Waals surface area contributed by atoms with E-state index in [0.29, 0.717) is 0 Å². The molecule has 0 heterocycles. The van der Waals surface area contributed by atoms with E-state index in [1.165, 1.54) is 25.7 Å². The van der Waals surface area contributed by atoms with E-state index in [2.05, 4.69) is 18.6 Å². The van der Waals surface area contributed by atoms with Crippen LogP contribution in [0.1, 0.15) is 74.7 Å². The van der Waals surface area contributed by atoms with Crippen LogP contribution in [0.3, 0.4) is 0 Å². The third-order valence-electron chi connectivity index (χ3n) is 1.05. The summed E-state index contributed by atoms with van der Waals surface area (Å²) < 4.78 is 4.42. The van der Waals surface area contributed by atoms with Gasteiger partial charge in [-0.2, -0.15) is 0 Å². The number of hydrogen-bond donors (Lipinski definition) is 1. The maximum Gasteiger partial charge on any atom is 1.00 e. The second-order valence-corrected chi connectivity index (χ2v) is 3.97. The van der Waals surface area contributed by atoms with Gasteiger partial charge >= 0.3 is 29.6 Å². The number of rotatable bonds is 3. The third-order valence-corrected chi connectivity index (χ3v) is 1.05. The van der Waals surface area contributed by atoms with E-state index in [4.69, 9.17) is 5.11 Å². The van der Waals surface area contributed by atoms with Crippen LogP contribution in [0, 0.1) is 0 Å². The molecule has 0 aromatic heterocycles. The van der Waals surface area contributed by atoms with Gasteiger partial charge in [-0.1, -0.05) is 53.4 Å². The Morgan fingerprint density at radius 1 is 1.06 bits per heavy atom. The number of unbranched alkanes of at least 4 members (excludes halogenated alkanes) is 2. The minimum atomic E-state index is -0.373. The quantitative estimate of drug-likeness (QED) is 0.618. The number of ether oxygens (including phenoxy) is 1. The van der Waals surface area contributed by atoms with Gasteiger partial charge in [0.15, 0.2) is 0 Å². The first-order chi connectivity index (χ1) is 7.89. The Morgan fingerprint density at radius 3 is 1.33 bits per heavy atom. The first kappa shape index (κ1) is 31.0. The molecular weight excluding hydrogens is 239 g/mol. The van der Waals surface area contributed by atoms with Gasteiger partial charge in [-0.15, -0.1) is 0 Å². The second-order valence-electron chi connectivity index (χ2n) is 3.97. The summed E-state index contributed by atoms with van der Waals surface area (Å²) in [4.78, 5) is 9.47. The van der Waals surface area contributed by atoms with E-state index in [0.717, 1.165) is 0 Å². The molecule has 0 rings (SSSR count). The van der Waals surface area contributed by atoms with Crippen molar-refractivity contribution in [2.75, 3.05) is 6.61 Å². The van der Waals surface area contributed by atoms with Crippen LogP contribution < -0.4 is 29.6 Å². The SMILES string of the molecule is CC.CC(C)(C)O[C-]=O.CCCCC.CCO.[Na+]. The summed E-state index contributed by atoms with van der Waals surface area (Å²) in [5.41, 5.74) is -0.373. The average molecular weight is 272 g/mol. The monoisotopic (exact) mass is 272 g/mol. The number of hydrogen-bond acceptors (Lipinski definition) is 3. The molecule has 1 N–H and O–H groups in total. The van der Waals surface area contributed by atoms with Crippen molar-refractivity contribution in [3.63, 3.8) is 0 Å². The zero-order valence-electron chi connectivity index (χ0n) is 14.1. The van der Waals surface area contributed by atoms with Crippen LogP contribution >= 0.6 is 0 Å². The molecule has 4 heteroatoms. The molecule has 0 bridgehead atoms. The Kier molecular flexibility index (Phi) is 52.5. The van der Waals surface area contributed by atoms with Gasteiger partial charge in [0.1, 0.15) is 0 Å². The Bertz CT molecular complexity index is 110. The van der Waals surface area contributed by atoms with Crippen LogP contribution in [-0.4, -0.2) is 23.8 Å². The normalized spacial score (nSPS) is 7.83. The third kappa shape index (κ3) is 94.6. The summed E-state index contributed by atoms with van der Waals surface area (Å²) >= 11 is 0. The largest absolute Gasteiger partial charge is 1.00 e. The summed E-state index contributed by atoms with van der Waals surface area (Å²) in [6.07, 6.45) is 4.08. The van der Waals surface area contributed by atoms with Crippen LogP contribution in [0.25, 0.3) is 0 Å². The molecule has 0 aromatic rings. The van der Waals surface area contributed by atoms with Gasteiger partial charge in [0, 0.05) is 6.61 Å². The van der Waals surface area contributed by atoms with Crippen molar-refractivity contribution in [2.45, 2.75) is 80.3 Å². The van der Waals surface area contributed by atoms with E-state index in [-0.39, 0.29) is 41.8 Å². The van der Waals surface area contributed by atoms with Gasteiger partial charge in [-0.05, 0) is 27.7 Å². The van der Waals surface area contributed by atoms with Crippen molar-refractivity contribution in [3.8, 4) is 0 Å². The maximum absolute atomic E-state index is 9.47. The maximum atomic E-state index is 9.47. The standard InChI is InChI=1S/C5H9O2.C5H12.C2H6O.C2H6.Na/c1-5(2,3)7-4-6;1-3-5-4-2;1-2-3;1-2;/h1-3H3;3-5H2,1-2H3;3H,2H2,1H3;1-2H3;/q-1;;;;+1. The Hall–Kier alpha value is 0.430. The molecule has 0 atom stereocenters. The molecule has 0 amide bonds. The molecule has 0 saturated carbocycles. The van der Waals surface area contributed by atoms with Crippen molar-refractivity contribution < 1.29 is 44.2 Å². The molecule has 0 unspecified atom stereocenters. The van der Waals surface area contributed by atoms with E-state index < -0.39 is 0 Å². The van der Waals surface area contributed by atoms with Crippen molar-refractivity contribution in [1.82, 2.24) is 0 Å². The van der Waals surface area contributed by atoms with Gasteiger partial charge in [0.25, 0.3) is 0 Å². The van der Waals surface area contributed by atoms with Crippen molar-refractivity contribution in [3.05, 3.63) is 0 Å². The van der Waals surface area contributed by atoms with Crippen LogP contribution in [0.4, 0.5) is 0 Å². The smallest absolute Gasteiger partial charge is 0.649 e. The molecule has 0 aliphatic heterocycles. The van der Waals surface area contributed by atoms with Gasteiger partial charge in [0.2, 0.25) is 0 Å². The molecule has 0 aliphatic rings. The minimum absolute atomic E-state index is 0. The first-order valence-electron chi connectivity index (χ1n) is 6.55. The molecule has 108 valence electrons. The van der Waals surface area contributed by atoms with Gasteiger partial charge < -0.3 is 14.6 Å². The zero-order valence-corrected chi connectivity index (χ0v) is 16.1. The summed E-state index contributed by atoms with van der Waals surface area (Å²) in [5.74, 6) is 0. The Labute approximate surface area is 137 Å². The number of aliphatic hydroxyl groups excluding tert-OH is 1. The fraction of sp³-hybridized carbons (Fsp3) is 0.929. The average Bonchev–Trinajstić information content (AvgIpc) is 2.22. The van der Waals surface area contributed by atoms with E-state index >= 15 is 0 Å². The van der Waals surface area contributed by atoms with Gasteiger partial charge in [-0.3, -0.25) is 0 Å². The topological polar surface area (TPSA) is 46.5 Å².